The first-order valence-corrected chi connectivity index (χ1v) is 24.2. The molecule has 0 saturated carbocycles. The van der Waals surface area contributed by atoms with Crippen molar-refractivity contribution < 1.29 is 47.3 Å². The van der Waals surface area contributed by atoms with Gasteiger partial charge in [-0.05, 0) is 73.4 Å². The molecular formula is C50H58FN11O9. The molecule has 2 aromatic carbocycles. The van der Waals surface area contributed by atoms with Crippen LogP contribution in [0.5, 0.6) is 0 Å². The van der Waals surface area contributed by atoms with Crippen molar-refractivity contribution in [3.8, 4) is 11.4 Å². The SMILES string of the molecule is O=C(CN1CCN(c2cccc(-c3cnc4ccc(N5CCC[C@@H]5c5cccc(F)c5)nn34)n2)CC1)NCCOCCOCCOCCOCCNc1cccc2c1C(=O)N(C1CCC(=O)NC1=O)C2=O. The fourth-order valence-electron chi connectivity index (χ4n) is 9.37. The molecule has 71 heavy (non-hydrogen) atoms. The number of ether oxygens (including phenoxy) is 4. The molecule has 2 atom stereocenters. The minimum atomic E-state index is -1.02. The Morgan fingerprint density at radius 1 is 0.746 bits per heavy atom. The standard InChI is InChI=1S/C50H58FN11O9/c51-35-6-1-5-34(31-35)39-10-4-18-60(39)44-14-13-42-54-32-41(62(42)57-44)37-8-3-11-43(55-37)59-21-19-58(20-22-59)33-46(64)53-17-24-69-26-28-71-30-29-70-27-25-68-23-16-52-38-9-2-7-36-47(38)50(67)61(49(36)66)40-12-15-45(63)56-48(40)65/h1-3,5-9,11,13-14,31-32,39-40,52H,4,10,12,15-30,33H2,(H,53,64)(H,56,63,65)/t39-,40?/m1/s1. The molecule has 0 radical (unpaired) electrons. The number of amides is 5. The molecular weight excluding hydrogens is 918 g/mol. The minimum absolute atomic E-state index is 0.0483. The van der Waals surface area contributed by atoms with E-state index in [2.05, 4.69) is 35.6 Å². The summed E-state index contributed by atoms with van der Waals surface area (Å²) < 4.78 is 38.3. The number of imide groups is 2. The van der Waals surface area contributed by atoms with Crippen LogP contribution in [0, 0.1) is 5.82 Å². The van der Waals surface area contributed by atoms with E-state index in [4.69, 9.17) is 29.0 Å². The third-order valence-electron chi connectivity index (χ3n) is 12.9. The first kappa shape index (κ1) is 49.1. The summed E-state index contributed by atoms with van der Waals surface area (Å²) in [6, 6.07) is 20.6. The zero-order valence-corrected chi connectivity index (χ0v) is 39.4. The van der Waals surface area contributed by atoms with Gasteiger partial charge in [0.1, 0.15) is 29.2 Å². The molecule has 3 fully saturated rings. The summed E-state index contributed by atoms with van der Waals surface area (Å²) in [4.78, 5) is 80.1. The Hall–Kier alpha value is -6.91. The number of benzene rings is 2. The van der Waals surface area contributed by atoms with Crippen LogP contribution < -0.4 is 25.8 Å². The Morgan fingerprint density at radius 2 is 1.48 bits per heavy atom. The number of nitrogens with one attached hydrogen (secondary N) is 3. The number of rotatable bonds is 23. The number of hydrogen-bond donors (Lipinski definition) is 3. The van der Waals surface area contributed by atoms with E-state index in [1.165, 1.54) is 6.07 Å². The second-order valence-electron chi connectivity index (χ2n) is 17.6. The summed E-state index contributed by atoms with van der Waals surface area (Å²) in [5.41, 5.74) is 4.08. The summed E-state index contributed by atoms with van der Waals surface area (Å²) in [6.45, 7) is 7.71. The second kappa shape index (κ2) is 23.3. The Bertz CT molecular complexity index is 2710. The maximum atomic E-state index is 14.1. The van der Waals surface area contributed by atoms with E-state index in [1.54, 1.807) is 36.5 Å². The van der Waals surface area contributed by atoms with Gasteiger partial charge in [0.25, 0.3) is 11.8 Å². The molecule has 21 heteroatoms. The number of piperazine rings is 1. The third kappa shape index (κ3) is 11.8. The molecule has 0 aliphatic carbocycles. The first-order valence-electron chi connectivity index (χ1n) is 24.2. The average Bonchev–Trinajstić information content (AvgIpc) is 4.11. The summed E-state index contributed by atoms with van der Waals surface area (Å²) in [7, 11) is 0. The number of nitrogens with zero attached hydrogens (tertiary/aromatic N) is 8. The second-order valence-corrected chi connectivity index (χ2v) is 17.6. The van der Waals surface area contributed by atoms with E-state index in [9.17, 15) is 28.4 Å². The van der Waals surface area contributed by atoms with Crippen molar-refractivity contribution in [3.63, 3.8) is 0 Å². The zero-order chi connectivity index (χ0) is 49.1. The Morgan fingerprint density at radius 3 is 2.24 bits per heavy atom. The van der Waals surface area contributed by atoms with E-state index in [1.807, 2.05) is 40.9 Å². The summed E-state index contributed by atoms with van der Waals surface area (Å²) in [6.07, 6.45) is 3.86. The van der Waals surface area contributed by atoms with Crippen molar-refractivity contribution in [2.45, 2.75) is 37.8 Å². The smallest absolute Gasteiger partial charge is 0.264 e. The molecule has 1 unspecified atom stereocenters. The van der Waals surface area contributed by atoms with Crippen LogP contribution in [0.3, 0.4) is 0 Å². The van der Waals surface area contributed by atoms with E-state index in [0.29, 0.717) is 96.9 Å². The van der Waals surface area contributed by atoms with Gasteiger partial charge in [-0.15, -0.1) is 5.10 Å². The van der Waals surface area contributed by atoms with Crippen LogP contribution in [0.1, 0.15) is 58.0 Å². The fourth-order valence-corrected chi connectivity index (χ4v) is 9.37. The van der Waals surface area contributed by atoms with E-state index in [-0.39, 0.29) is 41.7 Å². The number of piperidine rings is 1. The van der Waals surface area contributed by atoms with Crippen molar-refractivity contribution in [2.24, 2.45) is 0 Å². The van der Waals surface area contributed by atoms with Gasteiger partial charge in [0.05, 0.1) is 88.5 Å². The van der Waals surface area contributed by atoms with Crippen LogP contribution in [-0.2, 0) is 33.3 Å². The number of imidazole rings is 1. The molecule has 5 amide bonds. The van der Waals surface area contributed by atoms with Crippen LogP contribution >= 0.6 is 0 Å². The summed E-state index contributed by atoms with van der Waals surface area (Å²) in [5, 5.41) is 13.3. The molecule has 3 saturated heterocycles. The van der Waals surface area contributed by atoms with Crippen molar-refractivity contribution in [2.75, 3.05) is 120 Å². The number of carbonyl (C=O) groups is 5. The topological polar surface area (TPSA) is 214 Å². The van der Waals surface area contributed by atoms with Gasteiger partial charge in [0, 0.05) is 57.9 Å². The number of halogens is 1. The lowest BCUT2D eigenvalue weighted by Crippen LogP contribution is -2.54. The van der Waals surface area contributed by atoms with Gasteiger partial charge in [-0.2, -0.15) is 0 Å². The lowest BCUT2D eigenvalue weighted by atomic mass is 10.0. The quantitative estimate of drug-likeness (QED) is 0.0634. The highest BCUT2D eigenvalue weighted by atomic mass is 19.1. The monoisotopic (exact) mass is 975 g/mol. The lowest BCUT2D eigenvalue weighted by Gasteiger charge is -2.35. The predicted molar refractivity (Wildman–Crippen MR) is 258 cm³/mol. The van der Waals surface area contributed by atoms with Crippen LogP contribution in [0.2, 0.25) is 0 Å². The molecule has 3 aromatic heterocycles. The van der Waals surface area contributed by atoms with Gasteiger partial charge in [0.15, 0.2) is 5.65 Å². The normalized spacial score (nSPS) is 18.4. The Kier molecular flexibility index (Phi) is 16.1. The van der Waals surface area contributed by atoms with Gasteiger partial charge >= 0.3 is 0 Å². The first-order chi connectivity index (χ1) is 34.7. The van der Waals surface area contributed by atoms with Gasteiger partial charge in [-0.3, -0.25) is 39.1 Å². The maximum Gasteiger partial charge on any atom is 0.264 e. The molecule has 9 rings (SSSR count). The van der Waals surface area contributed by atoms with E-state index < -0.39 is 29.7 Å². The number of hydrogen-bond acceptors (Lipinski definition) is 16. The summed E-state index contributed by atoms with van der Waals surface area (Å²) in [5.74, 6) is -0.836. The number of fused-ring (bicyclic) bond motifs is 2. The van der Waals surface area contributed by atoms with Crippen molar-refractivity contribution >= 4 is 52.5 Å². The zero-order valence-electron chi connectivity index (χ0n) is 39.4. The van der Waals surface area contributed by atoms with Gasteiger partial charge in [0.2, 0.25) is 17.7 Å². The maximum absolute atomic E-state index is 14.1. The van der Waals surface area contributed by atoms with Crippen molar-refractivity contribution in [1.82, 2.24) is 40.0 Å². The molecule has 20 nitrogen and oxygen atoms in total. The van der Waals surface area contributed by atoms with Gasteiger partial charge < -0.3 is 39.4 Å². The number of aromatic nitrogens is 4. The molecule has 0 spiro atoms. The molecule has 374 valence electrons. The van der Waals surface area contributed by atoms with Crippen molar-refractivity contribution in [3.05, 3.63) is 102 Å². The lowest BCUT2D eigenvalue weighted by molar-refractivity contribution is -0.136. The minimum Gasteiger partial charge on any atom is -0.382 e. The van der Waals surface area contributed by atoms with Crippen LogP contribution in [0.15, 0.2) is 79.0 Å². The molecule has 4 aliphatic rings. The number of pyridine rings is 1. The van der Waals surface area contributed by atoms with Crippen LogP contribution in [-0.4, -0.2) is 170 Å². The number of anilines is 3. The average molecular weight is 976 g/mol. The number of carbonyl (C=O) groups excluding carboxylic acids is 5. The fraction of sp³-hybridized carbons (Fsp3) is 0.440. The van der Waals surface area contributed by atoms with Gasteiger partial charge in [-0.1, -0.05) is 24.3 Å². The van der Waals surface area contributed by atoms with E-state index >= 15 is 0 Å². The molecule has 5 aromatic rings. The highest BCUT2D eigenvalue weighted by Gasteiger charge is 2.45. The van der Waals surface area contributed by atoms with Crippen LogP contribution in [0.4, 0.5) is 21.7 Å². The van der Waals surface area contributed by atoms with Crippen LogP contribution in [0.25, 0.3) is 17.0 Å². The van der Waals surface area contributed by atoms with Gasteiger partial charge in [-0.25, -0.2) is 18.9 Å². The Balaban J connectivity index is 0.598. The predicted octanol–water partition coefficient (Wildman–Crippen LogP) is 3.09. The highest BCUT2D eigenvalue weighted by Crippen LogP contribution is 2.36. The largest absolute Gasteiger partial charge is 0.382 e. The third-order valence-corrected chi connectivity index (χ3v) is 12.9. The molecule has 3 N–H and O–H groups in total. The van der Waals surface area contributed by atoms with E-state index in [0.717, 1.165) is 66.0 Å². The molecule has 4 aliphatic heterocycles. The molecule has 0 bridgehead atoms. The highest BCUT2D eigenvalue weighted by molar-refractivity contribution is 6.25. The summed E-state index contributed by atoms with van der Waals surface area (Å²) >= 11 is 0. The molecule has 7 heterocycles. The van der Waals surface area contributed by atoms with Crippen molar-refractivity contribution in [1.29, 1.82) is 0 Å². The Labute approximate surface area is 409 Å².